The highest BCUT2D eigenvalue weighted by molar-refractivity contribution is 6.21. The standard InChI is InChI=1S/C19H20N4O2/c1-19(5-6-19)25-13-2-3-15-14(8-13)18(22-15)16-9-17(21-11-20-16)23-7-4-12(24)10-23/h2-3,8-9,11-12,24H,4-7,10H2,1H3. The molecule has 1 aliphatic carbocycles. The minimum absolute atomic E-state index is 0.00790. The first-order chi connectivity index (χ1) is 12.1. The van der Waals surface area contributed by atoms with Crippen LogP contribution in [0.4, 0.5) is 11.5 Å². The van der Waals surface area contributed by atoms with Crippen LogP contribution in [0.5, 0.6) is 5.75 Å². The molecular weight excluding hydrogens is 316 g/mol. The number of anilines is 1. The summed E-state index contributed by atoms with van der Waals surface area (Å²) in [6, 6.07) is 8.00. The number of rotatable bonds is 4. The van der Waals surface area contributed by atoms with Crippen LogP contribution < -0.4 is 9.64 Å². The van der Waals surface area contributed by atoms with Crippen molar-refractivity contribution >= 4 is 17.2 Å². The molecule has 1 unspecified atom stereocenters. The summed E-state index contributed by atoms with van der Waals surface area (Å²) in [7, 11) is 0. The third kappa shape index (κ3) is 2.66. The van der Waals surface area contributed by atoms with E-state index >= 15 is 0 Å². The van der Waals surface area contributed by atoms with Crippen molar-refractivity contribution in [3.8, 4) is 5.75 Å². The molecule has 0 bridgehead atoms. The van der Waals surface area contributed by atoms with Crippen LogP contribution in [-0.4, -0.2) is 45.6 Å². The fourth-order valence-corrected chi connectivity index (χ4v) is 3.35. The summed E-state index contributed by atoms with van der Waals surface area (Å²) in [5.41, 5.74) is 3.75. The first kappa shape index (κ1) is 14.8. The van der Waals surface area contributed by atoms with Gasteiger partial charge in [0.25, 0.3) is 0 Å². The highest BCUT2D eigenvalue weighted by atomic mass is 16.5. The van der Waals surface area contributed by atoms with E-state index < -0.39 is 0 Å². The minimum atomic E-state index is -0.274. The van der Waals surface area contributed by atoms with E-state index in [1.807, 2.05) is 18.2 Å². The zero-order chi connectivity index (χ0) is 17.0. The number of β-amino-alcohol motifs (C(OH)–C–C–N with tert-alkyl or cyclic N) is 1. The van der Waals surface area contributed by atoms with Crippen molar-refractivity contribution in [3.05, 3.63) is 41.9 Å². The van der Waals surface area contributed by atoms with Gasteiger partial charge in [0.2, 0.25) is 0 Å². The number of aliphatic imine (C=N–C) groups is 1. The zero-order valence-corrected chi connectivity index (χ0v) is 14.1. The second-order valence-electron chi connectivity index (χ2n) is 7.34. The highest BCUT2D eigenvalue weighted by Crippen LogP contribution is 2.42. The molecular formula is C19H20N4O2. The molecule has 1 aromatic carbocycles. The van der Waals surface area contributed by atoms with Crippen LogP contribution in [0.25, 0.3) is 0 Å². The molecule has 1 saturated carbocycles. The van der Waals surface area contributed by atoms with E-state index in [-0.39, 0.29) is 11.7 Å². The predicted molar refractivity (Wildman–Crippen MR) is 94.9 cm³/mol. The third-order valence-corrected chi connectivity index (χ3v) is 5.16. The SMILES string of the molecule is CC1(Oc2ccc3c(c2)C(c2cc(N4CCC(O)C4)ncn2)=N3)CC1. The van der Waals surface area contributed by atoms with Gasteiger partial charge in [0, 0.05) is 24.7 Å². The van der Waals surface area contributed by atoms with Gasteiger partial charge < -0.3 is 14.7 Å². The maximum atomic E-state index is 9.73. The molecule has 0 spiro atoms. The molecule has 2 aliphatic heterocycles. The zero-order valence-electron chi connectivity index (χ0n) is 14.1. The number of nitrogens with zero attached hydrogens (tertiary/aromatic N) is 4. The van der Waals surface area contributed by atoms with Crippen molar-refractivity contribution in [1.29, 1.82) is 0 Å². The number of ether oxygens (including phenoxy) is 1. The second-order valence-corrected chi connectivity index (χ2v) is 7.34. The first-order valence-corrected chi connectivity index (χ1v) is 8.77. The molecule has 2 aromatic rings. The lowest BCUT2D eigenvalue weighted by molar-refractivity contribution is 0.198. The highest BCUT2D eigenvalue weighted by Gasteiger charge is 2.40. The van der Waals surface area contributed by atoms with Gasteiger partial charge in [-0.05, 0) is 44.4 Å². The molecule has 6 nitrogen and oxygen atoms in total. The van der Waals surface area contributed by atoms with Crippen LogP contribution in [-0.2, 0) is 0 Å². The molecule has 1 N–H and O–H groups in total. The molecule has 3 aliphatic rings. The number of fused-ring (bicyclic) bond motifs is 1. The summed E-state index contributed by atoms with van der Waals surface area (Å²) in [5, 5.41) is 9.73. The Hall–Kier alpha value is -2.47. The Labute approximate surface area is 146 Å². The van der Waals surface area contributed by atoms with Gasteiger partial charge in [-0.1, -0.05) is 0 Å². The molecule has 6 heteroatoms. The van der Waals surface area contributed by atoms with Crippen LogP contribution in [0.1, 0.15) is 37.4 Å². The average molecular weight is 336 g/mol. The first-order valence-electron chi connectivity index (χ1n) is 8.77. The largest absolute Gasteiger partial charge is 0.488 e. The summed E-state index contributed by atoms with van der Waals surface area (Å²) < 4.78 is 6.06. The van der Waals surface area contributed by atoms with Crippen LogP contribution in [0.15, 0.2) is 35.6 Å². The average Bonchev–Trinajstić information content (AvgIpc) is 3.14. The lowest BCUT2D eigenvalue weighted by atomic mass is 9.99. The molecule has 128 valence electrons. The van der Waals surface area contributed by atoms with E-state index in [0.29, 0.717) is 6.54 Å². The normalized spacial score (nSPS) is 22.9. The van der Waals surface area contributed by atoms with Gasteiger partial charge in [0.15, 0.2) is 0 Å². The van der Waals surface area contributed by atoms with Gasteiger partial charge in [0.05, 0.1) is 23.2 Å². The maximum Gasteiger partial charge on any atom is 0.132 e. The molecule has 1 saturated heterocycles. The second kappa shape index (κ2) is 5.26. The Morgan fingerprint density at radius 3 is 2.88 bits per heavy atom. The Balaban J connectivity index is 1.41. The van der Waals surface area contributed by atoms with Crippen LogP contribution >= 0.6 is 0 Å². The summed E-state index contributed by atoms with van der Waals surface area (Å²) in [5.74, 6) is 1.73. The van der Waals surface area contributed by atoms with Crippen LogP contribution in [0.3, 0.4) is 0 Å². The monoisotopic (exact) mass is 336 g/mol. The van der Waals surface area contributed by atoms with Crippen LogP contribution in [0, 0.1) is 0 Å². The van der Waals surface area contributed by atoms with E-state index in [1.165, 1.54) is 0 Å². The Kier molecular flexibility index (Phi) is 3.12. The number of hydrogen-bond donors (Lipinski definition) is 1. The van der Waals surface area contributed by atoms with Gasteiger partial charge in [0.1, 0.15) is 23.5 Å². The lowest BCUT2D eigenvalue weighted by Crippen LogP contribution is -2.23. The Morgan fingerprint density at radius 1 is 1.24 bits per heavy atom. The smallest absolute Gasteiger partial charge is 0.132 e. The van der Waals surface area contributed by atoms with E-state index in [9.17, 15) is 5.11 Å². The van der Waals surface area contributed by atoms with Gasteiger partial charge in [-0.2, -0.15) is 0 Å². The van der Waals surface area contributed by atoms with Gasteiger partial charge in [-0.25, -0.2) is 15.0 Å². The molecule has 3 heterocycles. The quantitative estimate of drug-likeness (QED) is 0.792. The topological polar surface area (TPSA) is 70.8 Å². The number of benzene rings is 1. The number of aliphatic hydroxyl groups is 1. The Bertz CT molecular complexity index is 875. The van der Waals surface area contributed by atoms with Crippen molar-refractivity contribution in [2.75, 3.05) is 18.0 Å². The van der Waals surface area contributed by atoms with E-state index in [0.717, 1.165) is 60.0 Å². The number of hydrogen-bond acceptors (Lipinski definition) is 6. The summed E-state index contributed by atoms with van der Waals surface area (Å²) in [6.07, 6.45) is 4.30. The molecule has 0 amide bonds. The maximum absolute atomic E-state index is 9.73. The molecule has 1 aromatic heterocycles. The molecule has 1 atom stereocenters. The summed E-state index contributed by atoms with van der Waals surface area (Å²) in [4.78, 5) is 15.4. The van der Waals surface area contributed by atoms with E-state index in [1.54, 1.807) is 6.33 Å². The number of aromatic nitrogens is 2. The van der Waals surface area contributed by atoms with Crippen molar-refractivity contribution in [3.63, 3.8) is 0 Å². The fourth-order valence-electron chi connectivity index (χ4n) is 3.35. The Morgan fingerprint density at radius 2 is 2.12 bits per heavy atom. The summed E-state index contributed by atoms with van der Waals surface area (Å²) in [6.45, 7) is 3.58. The van der Waals surface area contributed by atoms with Gasteiger partial charge in [-0.3, -0.25) is 0 Å². The molecule has 5 rings (SSSR count). The van der Waals surface area contributed by atoms with E-state index in [2.05, 4.69) is 32.9 Å². The summed E-state index contributed by atoms with van der Waals surface area (Å²) >= 11 is 0. The van der Waals surface area contributed by atoms with Crippen molar-refractivity contribution in [2.24, 2.45) is 4.99 Å². The minimum Gasteiger partial charge on any atom is -0.488 e. The third-order valence-electron chi connectivity index (χ3n) is 5.16. The molecule has 0 radical (unpaired) electrons. The fraction of sp³-hybridized carbons (Fsp3) is 0.421. The van der Waals surface area contributed by atoms with Gasteiger partial charge in [-0.15, -0.1) is 0 Å². The molecule has 25 heavy (non-hydrogen) atoms. The van der Waals surface area contributed by atoms with Crippen molar-refractivity contribution < 1.29 is 9.84 Å². The van der Waals surface area contributed by atoms with E-state index in [4.69, 9.17) is 4.74 Å². The lowest BCUT2D eigenvalue weighted by Gasteiger charge is -2.22. The van der Waals surface area contributed by atoms with Crippen molar-refractivity contribution in [1.82, 2.24) is 9.97 Å². The van der Waals surface area contributed by atoms with Gasteiger partial charge >= 0.3 is 0 Å². The van der Waals surface area contributed by atoms with Crippen LogP contribution in [0.2, 0.25) is 0 Å². The predicted octanol–water partition coefficient (Wildman–Crippen LogP) is 2.46. The number of aliphatic hydroxyl groups excluding tert-OH is 1. The van der Waals surface area contributed by atoms with Crippen molar-refractivity contribution in [2.45, 2.75) is 37.9 Å². The molecule has 2 fully saturated rings.